The monoisotopic (exact) mass is 288 g/mol. The second-order valence-electron chi connectivity index (χ2n) is 3.74. The molecule has 0 aromatic rings. The Morgan fingerprint density at radius 1 is 1.13 bits per heavy atom. The molecule has 5 nitrogen and oxygen atoms in total. The first-order valence-corrected chi connectivity index (χ1v) is 8.41. The van der Waals surface area contributed by atoms with Crippen molar-refractivity contribution in [3.8, 4) is 0 Å². The summed E-state index contributed by atoms with van der Waals surface area (Å²) in [6.45, 7) is 5.46. The van der Waals surface area contributed by atoms with Crippen LogP contribution in [-0.4, -0.2) is 72.9 Å². The van der Waals surface area contributed by atoms with Crippen LogP contribution in [0.15, 0.2) is 12.7 Å². The van der Waals surface area contributed by atoms with Gasteiger partial charge >= 0.3 is 43.6 Å². The summed E-state index contributed by atoms with van der Waals surface area (Å²) >= 11 is -4.31. The Kier molecular flexibility index (Phi) is 10.6. The molecule has 0 saturated heterocycles. The molecule has 0 aliphatic rings. The Morgan fingerprint density at radius 3 is 1.53 bits per heavy atom. The molecule has 0 aromatic heterocycles. The smallest absolute Gasteiger partial charge is 0.0103 e. The van der Waals surface area contributed by atoms with E-state index in [1.54, 1.807) is 0 Å². The molecule has 0 bridgehead atoms. The van der Waals surface area contributed by atoms with Crippen molar-refractivity contribution in [1.29, 1.82) is 0 Å². The molecule has 0 aromatic carbocycles. The quantitative estimate of drug-likeness (QED) is 0.521. The summed E-state index contributed by atoms with van der Waals surface area (Å²) in [6, 6.07) is 0. The van der Waals surface area contributed by atoms with Gasteiger partial charge in [0, 0.05) is 13.1 Å². The zero-order valence-electron chi connectivity index (χ0n) is 10.1. The zero-order valence-corrected chi connectivity index (χ0v) is 11.9. The SMILES string of the molecule is C=CC[SeH](=O)(O)O.CN(C)CCN(C)C. The largest absolute Gasteiger partial charge is 0.308 e. The van der Waals surface area contributed by atoms with Crippen LogP contribution >= 0.6 is 0 Å². The van der Waals surface area contributed by atoms with Gasteiger partial charge in [0.05, 0.1) is 0 Å². The van der Waals surface area contributed by atoms with Crippen molar-refractivity contribution in [1.82, 2.24) is 9.80 Å². The summed E-state index contributed by atoms with van der Waals surface area (Å²) in [5.74, 6) is 0. The fourth-order valence-corrected chi connectivity index (χ4v) is 1.27. The Morgan fingerprint density at radius 2 is 1.47 bits per heavy atom. The molecule has 0 radical (unpaired) electrons. The van der Waals surface area contributed by atoms with Crippen molar-refractivity contribution in [3.63, 3.8) is 0 Å². The standard InChI is InChI=1S/C6H16N2.C3H8O3Se/c1-7(2)5-6-8(3)4;1-2-3-7(4,5)6/h5-6H2,1-4H3;2,7H,1,3H2,(H2,4,5,6). The molecule has 15 heavy (non-hydrogen) atoms. The average molecular weight is 287 g/mol. The van der Waals surface area contributed by atoms with Gasteiger partial charge in [-0.15, -0.1) is 0 Å². The summed E-state index contributed by atoms with van der Waals surface area (Å²) < 4.78 is 26.2. The van der Waals surface area contributed by atoms with Gasteiger partial charge in [0.25, 0.3) is 0 Å². The van der Waals surface area contributed by atoms with E-state index in [-0.39, 0.29) is 5.32 Å². The van der Waals surface area contributed by atoms with E-state index in [2.05, 4.69) is 44.6 Å². The van der Waals surface area contributed by atoms with Crippen LogP contribution in [0.5, 0.6) is 0 Å². The minimum Gasteiger partial charge on any atom is -0.308 e. The molecule has 0 unspecified atom stereocenters. The molecule has 0 heterocycles. The van der Waals surface area contributed by atoms with E-state index in [0.717, 1.165) is 13.1 Å². The maximum absolute atomic E-state index is 9.92. The minimum absolute atomic E-state index is 0.168. The van der Waals surface area contributed by atoms with Gasteiger partial charge in [-0.25, -0.2) is 0 Å². The third-order valence-electron chi connectivity index (χ3n) is 1.36. The Bertz CT molecular complexity index is 194. The fraction of sp³-hybridized carbons (Fsp3) is 0.778. The van der Waals surface area contributed by atoms with Gasteiger partial charge in [0.1, 0.15) is 0 Å². The van der Waals surface area contributed by atoms with E-state index in [1.165, 1.54) is 6.08 Å². The zero-order chi connectivity index (χ0) is 12.5. The van der Waals surface area contributed by atoms with Crippen LogP contribution in [0.2, 0.25) is 5.32 Å². The van der Waals surface area contributed by atoms with E-state index >= 15 is 0 Å². The van der Waals surface area contributed by atoms with Gasteiger partial charge < -0.3 is 9.80 Å². The first kappa shape index (κ1) is 17.3. The van der Waals surface area contributed by atoms with Crippen LogP contribution in [-0.2, 0) is 3.83 Å². The van der Waals surface area contributed by atoms with Crippen molar-refractivity contribution in [2.45, 2.75) is 5.32 Å². The minimum atomic E-state index is -4.31. The molecule has 0 fully saturated rings. The van der Waals surface area contributed by atoms with E-state index in [0.29, 0.717) is 0 Å². The Hall–Kier alpha value is -0.101. The predicted octanol–water partition coefficient (Wildman–Crippen LogP) is -0.632. The van der Waals surface area contributed by atoms with Crippen LogP contribution in [0.3, 0.4) is 0 Å². The summed E-state index contributed by atoms with van der Waals surface area (Å²) in [7, 11) is 8.35. The number of likely N-dealkylation sites (N-methyl/N-ethyl adjacent to an activating group) is 2. The maximum Gasteiger partial charge on any atom is 0.0103 e. The molecule has 0 saturated carbocycles. The summed E-state index contributed by atoms with van der Waals surface area (Å²) in [6.07, 6.45) is 1.22. The molecule has 0 aliphatic carbocycles. The molecular weight excluding hydrogens is 263 g/mol. The number of hydrogen-bond donors (Lipinski definition) is 2. The van der Waals surface area contributed by atoms with Crippen molar-refractivity contribution in [2.75, 3.05) is 41.3 Å². The maximum atomic E-state index is 9.92. The molecule has 0 atom stereocenters. The van der Waals surface area contributed by atoms with E-state index in [4.69, 9.17) is 8.38 Å². The van der Waals surface area contributed by atoms with Crippen molar-refractivity contribution >= 4 is 13.4 Å². The van der Waals surface area contributed by atoms with E-state index in [9.17, 15) is 3.83 Å². The first-order valence-electron chi connectivity index (χ1n) is 4.64. The molecule has 94 valence electrons. The second-order valence-corrected chi connectivity index (χ2v) is 7.30. The van der Waals surface area contributed by atoms with E-state index in [1.807, 2.05) is 0 Å². The molecule has 2 N–H and O–H groups in total. The normalized spacial score (nSPS) is 12.3. The summed E-state index contributed by atoms with van der Waals surface area (Å²) in [5, 5.41) is -0.168. The molecule has 0 amide bonds. The van der Waals surface area contributed by atoms with Crippen molar-refractivity contribution in [2.24, 2.45) is 0 Å². The predicted molar refractivity (Wildman–Crippen MR) is 64.4 cm³/mol. The molecule has 0 spiro atoms. The number of rotatable bonds is 5. The Labute approximate surface area is 95.1 Å². The summed E-state index contributed by atoms with van der Waals surface area (Å²) in [5.41, 5.74) is 0. The van der Waals surface area contributed by atoms with Gasteiger partial charge in [0.2, 0.25) is 0 Å². The van der Waals surface area contributed by atoms with Gasteiger partial charge in [0.15, 0.2) is 0 Å². The van der Waals surface area contributed by atoms with Crippen molar-refractivity contribution < 1.29 is 12.2 Å². The number of nitrogens with zero attached hydrogens (tertiary/aromatic N) is 2. The third kappa shape index (κ3) is 24.8. The third-order valence-corrected chi connectivity index (χ3v) is 2.90. The molecular formula is C9H24N2O3Se. The van der Waals surface area contributed by atoms with Gasteiger partial charge in [-0.1, -0.05) is 0 Å². The number of allylic oxidation sites excluding steroid dienone is 1. The van der Waals surface area contributed by atoms with Crippen molar-refractivity contribution in [3.05, 3.63) is 12.7 Å². The fourth-order valence-electron chi connectivity index (χ4n) is 0.568. The molecule has 0 aliphatic heterocycles. The molecule has 6 heteroatoms. The second kappa shape index (κ2) is 9.15. The van der Waals surface area contributed by atoms with Crippen LogP contribution in [0, 0.1) is 0 Å². The van der Waals surface area contributed by atoms with Gasteiger partial charge in [-0.3, -0.25) is 0 Å². The summed E-state index contributed by atoms with van der Waals surface area (Å²) in [4.78, 5) is 4.36. The topological polar surface area (TPSA) is 64.0 Å². The number of hydrogen-bond acceptors (Lipinski definition) is 3. The van der Waals surface area contributed by atoms with Gasteiger partial charge in [-0.05, 0) is 28.2 Å². The van der Waals surface area contributed by atoms with E-state index < -0.39 is 13.4 Å². The van der Waals surface area contributed by atoms with Crippen LogP contribution < -0.4 is 0 Å². The van der Waals surface area contributed by atoms with Crippen LogP contribution in [0.25, 0.3) is 0 Å². The van der Waals surface area contributed by atoms with Crippen LogP contribution in [0.4, 0.5) is 0 Å². The van der Waals surface area contributed by atoms with Crippen LogP contribution in [0.1, 0.15) is 0 Å². The van der Waals surface area contributed by atoms with Gasteiger partial charge in [-0.2, -0.15) is 0 Å². The first-order chi connectivity index (χ1) is 6.69. The Balaban J connectivity index is 0. The molecule has 0 rings (SSSR count). The average Bonchev–Trinajstić information content (AvgIpc) is 1.99.